The number of anilines is 1. The topological polar surface area (TPSA) is 72.9 Å². The van der Waals surface area contributed by atoms with Crippen LogP contribution in [0, 0.1) is 11.8 Å². The van der Waals surface area contributed by atoms with Gasteiger partial charge in [-0.3, -0.25) is 4.79 Å². The maximum atomic E-state index is 12.6. The average molecular weight is 357 g/mol. The third kappa shape index (κ3) is 4.30. The first-order valence-corrected chi connectivity index (χ1v) is 8.52. The third-order valence-corrected chi connectivity index (χ3v) is 4.64. The van der Waals surface area contributed by atoms with Crippen molar-refractivity contribution in [3.63, 3.8) is 0 Å². The number of halogens is 1. The first-order valence-electron chi connectivity index (χ1n) is 7.73. The first-order chi connectivity index (χ1) is 10.0. The fourth-order valence-corrected chi connectivity index (χ4v) is 3.01. The Labute approximate surface area is 134 Å². The van der Waals surface area contributed by atoms with E-state index in [2.05, 4.69) is 40.2 Å². The van der Waals surface area contributed by atoms with Gasteiger partial charge in [-0.15, -0.1) is 0 Å². The van der Waals surface area contributed by atoms with Gasteiger partial charge in [0.25, 0.3) is 5.56 Å². The Hall–Kier alpha value is -0.880. The van der Waals surface area contributed by atoms with Gasteiger partial charge in [-0.25, -0.2) is 4.68 Å². The number of hydrogen-bond acceptors (Lipinski definition) is 4. The SMILES string of the molecule is CC(C)CC(CN)Nc1c(Br)cnn(CC2CCC2)c1=O. The summed E-state index contributed by atoms with van der Waals surface area (Å²) in [5, 5.41) is 7.54. The molecule has 0 spiro atoms. The van der Waals surface area contributed by atoms with Crippen molar-refractivity contribution in [3.05, 3.63) is 21.0 Å². The zero-order chi connectivity index (χ0) is 15.4. The number of nitrogens with two attached hydrogens (primary N) is 1. The Bertz CT molecular complexity index is 525. The molecule has 118 valence electrons. The summed E-state index contributed by atoms with van der Waals surface area (Å²) < 4.78 is 2.29. The molecule has 1 saturated carbocycles. The summed E-state index contributed by atoms with van der Waals surface area (Å²) in [5.41, 5.74) is 6.34. The van der Waals surface area contributed by atoms with Crippen LogP contribution >= 0.6 is 15.9 Å². The molecule has 0 bridgehead atoms. The number of aromatic nitrogens is 2. The van der Waals surface area contributed by atoms with E-state index in [1.54, 1.807) is 10.9 Å². The maximum Gasteiger partial charge on any atom is 0.291 e. The molecule has 0 saturated heterocycles. The first kappa shape index (κ1) is 16.5. The quantitative estimate of drug-likeness (QED) is 0.787. The van der Waals surface area contributed by atoms with E-state index < -0.39 is 0 Å². The number of rotatable bonds is 7. The lowest BCUT2D eigenvalue weighted by Gasteiger charge is -2.26. The number of nitrogens with one attached hydrogen (secondary N) is 1. The summed E-state index contributed by atoms with van der Waals surface area (Å²) in [6.07, 6.45) is 6.31. The smallest absolute Gasteiger partial charge is 0.291 e. The van der Waals surface area contributed by atoms with Gasteiger partial charge in [0.2, 0.25) is 0 Å². The minimum atomic E-state index is -0.0570. The normalized spacial score (nSPS) is 16.8. The van der Waals surface area contributed by atoms with Crippen molar-refractivity contribution in [3.8, 4) is 0 Å². The number of nitrogens with zero attached hydrogens (tertiary/aromatic N) is 2. The monoisotopic (exact) mass is 356 g/mol. The lowest BCUT2D eigenvalue weighted by atomic mass is 9.85. The molecule has 1 fully saturated rings. The maximum absolute atomic E-state index is 12.6. The standard InChI is InChI=1S/C15H25BrN4O/c1-10(2)6-12(7-17)19-14-13(16)8-18-20(15(14)21)9-11-4-3-5-11/h8,10-12,19H,3-7,9,17H2,1-2H3. The van der Waals surface area contributed by atoms with E-state index in [1.807, 2.05) is 0 Å². The molecule has 1 aromatic rings. The minimum Gasteiger partial charge on any atom is -0.376 e. The molecule has 1 atom stereocenters. The molecule has 0 aromatic carbocycles. The molecular formula is C15H25BrN4O. The third-order valence-electron chi connectivity index (χ3n) is 4.04. The fraction of sp³-hybridized carbons (Fsp3) is 0.733. The van der Waals surface area contributed by atoms with E-state index in [-0.39, 0.29) is 11.6 Å². The predicted molar refractivity (Wildman–Crippen MR) is 89.5 cm³/mol. The van der Waals surface area contributed by atoms with Gasteiger partial charge < -0.3 is 11.1 Å². The van der Waals surface area contributed by atoms with Gasteiger partial charge in [-0.05, 0) is 47.0 Å². The van der Waals surface area contributed by atoms with Gasteiger partial charge in [0, 0.05) is 19.1 Å². The molecule has 3 N–H and O–H groups in total. The Morgan fingerprint density at radius 3 is 2.76 bits per heavy atom. The summed E-state index contributed by atoms with van der Waals surface area (Å²) in [5.74, 6) is 1.13. The summed E-state index contributed by atoms with van der Waals surface area (Å²) in [6.45, 7) is 5.54. The van der Waals surface area contributed by atoms with Crippen molar-refractivity contribution < 1.29 is 0 Å². The van der Waals surface area contributed by atoms with Crippen LogP contribution in [-0.2, 0) is 6.54 Å². The zero-order valence-corrected chi connectivity index (χ0v) is 14.4. The highest BCUT2D eigenvalue weighted by atomic mass is 79.9. The van der Waals surface area contributed by atoms with Gasteiger partial charge in [-0.2, -0.15) is 5.10 Å². The number of hydrogen-bond donors (Lipinski definition) is 2. The molecule has 1 aliphatic rings. The summed E-state index contributed by atoms with van der Waals surface area (Å²) in [4.78, 5) is 12.6. The molecule has 0 radical (unpaired) electrons. The van der Waals surface area contributed by atoms with Crippen LogP contribution in [0.3, 0.4) is 0 Å². The second-order valence-electron chi connectivity index (χ2n) is 6.36. The molecule has 1 aliphatic carbocycles. The zero-order valence-electron chi connectivity index (χ0n) is 12.8. The molecule has 1 aromatic heterocycles. The minimum absolute atomic E-state index is 0.0570. The molecule has 6 heteroatoms. The van der Waals surface area contributed by atoms with Crippen LogP contribution in [0.1, 0.15) is 39.5 Å². The second-order valence-corrected chi connectivity index (χ2v) is 7.21. The molecule has 21 heavy (non-hydrogen) atoms. The van der Waals surface area contributed by atoms with Crippen LogP contribution in [0.5, 0.6) is 0 Å². The van der Waals surface area contributed by atoms with Crippen molar-refractivity contribution in [1.29, 1.82) is 0 Å². The van der Waals surface area contributed by atoms with Gasteiger partial charge in [0.05, 0.1) is 10.7 Å². The molecule has 0 aliphatic heterocycles. The van der Waals surface area contributed by atoms with Gasteiger partial charge in [0.15, 0.2) is 0 Å². The highest BCUT2D eigenvalue weighted by molar-refractivity contribution is 9.10. The van der Waals surface area contributed by atoms with Crippen molar-refractivity contribution in [2.45, 2.75) is 52.1 Å². The highest BCUT2D eigenvalue weighted by Gasteiger charge is 2.21. The van der Waals surface area contributed by atoms with E-state index in [4.69, 9.17) is 5.73 Å². The lowest BCUT2D eigenvalue weighted by Crippen LogP contribution is -2.36. The Morgan fingerprint density at radius 1 is 1.52 bits per heavy atom. The van der Waals surface area contributed by atoms with E-state index in [0.717, 1.165) is 13.0 Å². The fourth-order valence-electron chi connectivity index (χ4n) is 2.64. The van der Waals surface area contributed by atoms with Gasteiger partial charge in [0.1, 0.15) is 5.69 Å². The van der Waals surface area contributed by atoms with Crippen molar-refractivity contribution >= 4 is 21.6 Å². The molecule has 0 amide bonds. The summed E-state index contributed by atoms with van der Waals surface area (Å²) in [7, 11) is 0. The van der Waals surface area contributed by atoms with Crippen molar-refractivity contribution in [2.24, 2.45) is 17.6 Å². The van der Waals surface area contributed by atoms with Crippen LogP contribution in [-0.4, -0.2) is 22.4 Å². The summed E-state index contributed by atoms with van der Waals surface area (Å²) in [6, 6.07) is 0.105. The van der Waals surface area contributed by atoms with Crippen LogP contribution in [0.15, 0.2) is 15.5 Å². The van der Waals surface area contributed by atoms with E-state index >= 15 is 0 Å². The van der Waals surface area contributed by atoms with E-state index in [0.29, 0.717) is 28.5 Å². The average Bonchev–Trinajstić information content (AvgIpc) is 2.38. The second kappa shape index (κ2) is 7.40. The molecule has 5 nitrogen and oxygen atoms in total. The Kier molecular flexibility index (Phi) is 5.81. The van der Waals surface area contributed by atoms with Crippen LogP contribution in [0.2, 0.25) is 0 Å². The lowest BCUT2D eigenvalue weighted by molar-refractivity contribution is 0.262. The summed E-state index contributed by atoms with van der Waals surface area (Å²) >= 11 is 3.42. The van der Waals surface area contributed by atoms with E-state index in [1.165, 1.54) is 19.3 Å². The molecular weight excluding hydrogens is 332 g/mol. The Balaban J connectivity index is 2.16. The van der Waals surface area contributed by atoms with Crippen molar-refractivity contribution in [2.75, 3.05) is 11.9 Å². The van der Waals surface area contributed by atoms with E-state index in [9.17, 15) is 4.79 Å². The predicted octanol–water partition coefficient (Wildman–Crippen LogP) is 2.59. The van der Waals surface area contributed by atoms with Crippen LogP contribution in [0.4, 0.5) is 5.69 Å². The van der Waals surface area contributed by atoms with Crippen LogP contribution in [0.25, 0.3) is 0 Å². The molecule has 2 rings (SSSR count). The molecule has 1 heterocycles. The van der Waals surface area contributed by atoms with Gasteiger partial charge >= 0.3 is 0 Å². The largest absolute Gasteiger partial charge is 0.376 e. The Morgan fingerprint density at radius 2 is 2.24 bits per heavy atom. The molecule has 1 unspecified atom stereocenters. The van der Waals surface area contributed by atoms with Gasteiger partial charge in [-0.1, -0.05) is 20.3 Å². The highest BCUT2D eigenvalue weighted by Crippen LogP contribution is 2.27. The van der Waals surface area contributed by atoms with Crippen molar-refractivity contribution in [1.82, 2.24) is 9.78 Å². The van der Waals surface area contributed by atoms with Crippen LogP contribution < -0.4 is 16.6 Å².